The molecule has 0 bridgehead atoms. The summed E-state index contributed by atoms with van der Waals surface area (Å²) in [5.41, 5.74) is 1.54. The van der Waals surface area contributed by atoms with Crippen molar-refractivity contribution < 1.29 is 9.21 Å². The van der Waals surface area contributed by atoms with Crippen LogP contribution >= 0.6 is 0 Å². The lowest BCUT2D eigenvalue weighted by Gasteiger charge is -2.33. The molecule has 1 saturated heterocycles. The number of hydrogen-bond acceptors (Lipinski definition) is 6. The molecule has 1 aliphatic heterocycles. The summed E-state index contributed by atoms with van der Waals surface area (Å²) in [5.74, 6) is 2.97. The summed E-state index contributed by atoms with van der Waals surface area (Å²) in [4.78, 5) is 23.3. The number of carbonyl (C=O) groups excluding carboxylic acids is 1. The highest BCUT2D eigenvalue weighted by atomic mass is 16.3. The van der Waals surface area contributed by atoms with Crippen LogP contribution in [-0.2, 0) is 0 Å². The number of aryl methyl sites for hydroxylation is 3. The largest absolute Gasteiger partial charge is 0.466 e. The van der Waals surface area contributed by atoms with Crippen molar-refractivity contribution in [2.45, 2.75) is 39.7 Å². The lowest BCUT2D eigenvalue weighted by Crippen LogP contribution is -2.45. The second-order valence-corrected chi connectivity index (χ2v) is 6.79. The van der Waals surface area contributed by atoms with Crippen LogP contribution < -0.4 is 10.2 Å². The van der Waals surface area contributed by atoms with Crippen molar-refractivity contribution in [3.05, 3.63) is 41.2 Å². The number of carbonyl (C=O) groups is 1. The van der Waals surface area contributed by atoms with Gasteiger partial charge in [0.2, 0.25) is 0 Å². The number of rotatable bonds is 3. The van der Waals surface area contributed by atoms with E-state index < -0.39 is 0 Å². The van der Waals surface area contributed by atoms with Crippen molar-refractivity contribution in [3.63, 3.8) is 0 Å². The van der Waals surface area contributed by atoms with E-state index in [9.17, 15) is 4.79 Å². The van der Waals surface area contributed by atoms with Gasteiger partial charge in [0.15, 0.2) is 0 Å². The Hall–Kier alpha value is -2.90. The van der Waals surface area contributed by atoms with Crippen LogP contribution in [0.4, 0.5) is 5.82 Å². The molecular weight excluding hydrogens is 332 g/mol. The minimum Gasteiger partial charge on any atom is -0.466 e. The topological polar surface area (TPSA) is 88.6 Å². The first-order valence-electron chi connectivity index (χ1n) is 8.81. The molecule has 1 N–H and O–H groups in total. The fraction of sp³-hybridized carbons (Fsp3) is 0.444. The quantitative estimate of drug-likeness (QED) is 0.774. The molecule has 0 unspecified atom stereocenters. The third-order valence-corrected chi connectivity index (χ3v) is 4.80. The standard InChI is InChI=1S/C18H22N6O2/c1-11-8-16(24-18(21-11)19-10-20-24)23-6-4-14(5-7-23)22-17(25)15-9-12(2)26-13(15)3/h8-10,14H,4-7H2,1-3H3,(H,22,25). The molecule has 0 aliphatic carbocycles. The molecule has 0 saturated carbocycles. The third-order valence-electron chi connectivity index (χ3n) is 4.80. The van der Waals surface area contributed by atoms with Gasteiger partial charge < -0.3 is 14.6 Å². The van der Waals surface area contributed by atoms with Crippen molar-refractivity contribution in [2.75, 3.05) is 18.0 Å². The molecule has 0 aromatic carbocycles. The van der Waals surface area contributed by atoms with Gasteiger partial charge in [-0.2, -0.15) is 14.6 Å². The number of piperidine rings is 1. The highest BCUT2D eigenvalue weighted by Gasteiger charge is 2.24. The predicted octanol–water partition coefficient (Wildman–Crippen LogP) is 2.04. The molecule has 0 spiro atoms. The van der Waals surface area contributed by atoms with Gasteiger partial charge in [0.25, 0.3) is 11.7 Å². The summed E-state index contributed by atoms with van der Waals surface area (Å²) in [6, 6.07) is 3.97. The van der Waals surface area contributed by atoms with E-state index >= 15 is 0 Å². The van der Waals surface area contributed by atoms with Crippen LogP contribution in [0.5, 0.6) is 0 Å². The molecule has 3 aromatic rings. The Kier molecular flexibility index (Phi) is 4.10. The number of amides is 1. The normalized spacial score (nSPS) is 15.6. The second-order valence-electron chi connectivity index (χ2n) is 6.79. The first kappa shape index (κ1) is 16.6. The van der Waals surface area contributed by atoms with Gasteiger partial charge in [-0.1, -0.05) is 0 Å². The van der Waals surface area contributed by atoms with Gasteiger partial charge in [-0.25, -0.2) is 4.98 Å². The Balaban J connectivity index is 1.43. The second kappa shape index (κ2) is 6.44. The Labute approximate surface area is 151 Å². The smallest absolute Gasteiger partial charge is 0.255 e. The summed E-state index contributed by atoms with van der Waals surface area (Å²) < 4.78 is 7.22. The zero-order valence-electron chi connectivity index (χ0n) is 15.2. The monoisotopic (exact) mass is 354 g/mol. The van der Waals surface area contributed by atoms with Crippen molar-refractivity contribution in [3.8, 4) is 0 Å². The molecule has 0 atom stereocenters. The molecule has 26 heavy (non-hydrogen) atoms. The van der Waals surface area contributed by atoms with Gasteiger partial charge in [0.05, 0.1) is 5.56 Å². The van der Waals surface area contributed by atoms with Gasteiger partial charge in [-0.15, -0.1) is 0 Å². The van der Waals surface area contributed by atoms with Gasteiger partial charge >= 0.3 is 0 Å². The Morgan fingerprint density at radius 3 is 2.69 bits per heavy atom. The minimum absolute atomic E-state index is 0.0591. The van der Waals surface area contributed by atoms with Crippen LogP contribution in [0, 0.1) is 20.8 Å². The highest BCUT2D eigenvalue weighted by molar-refractivity contribution is 5.95. The van der Waals surface area contributed by atoms with Gasteiger partial charge in [0.1, 0.15) is 23.7 Å². The van der Waals surface area contributed by atoms with Crippen LogP contribution in [-0.4, -0.2) is 44.6 Å². The van der Waals surface area contributed by atoms with E-state index in [0.29, 0.717) is 17.1 Å². The maximum atomic E-state index is 12.5. The van der Waals surface area contributed by atoms with Crippen LogP contribution in [0.2, 0.25) is 0 Å². The summed E-state index contributed by atoms with van der Waals surface area (Å²) in [6.45, 7) is 7.31. The van der Waals surface area contributed by atoms with Gasteiger partial charge in [0, 0.05) is 30.9 Å². The van der Waals surface area contributed by atoms with E-state index in [1.807, 2.05) is 26.8 Å². The van der Waals surface area contributed by atoms with E-state index in [0.717, 1.165) is 43.2 Å². The van der Waals surface area contributed by atoms with Crippen LogP contribution in [0.3, 0.4) is 0 Å². The summed E-state index contributed by atoms with van der Waals surface area (Å²) in [5, 5.41) is 7.41. The highest BCUT2D eigenvalue weighted by Crippen LogP contribution is 2.21. The van der Waals surface area contributed by atoms with E-state index in [1.54, 1.807) is 10.6 Å². The van der Waals surface area contributed by atoms with Crippen molar-refractivity contribution >= 4 is 17.5 Å². The SMILES string of the molecule is Cc1cc(N2CCC(NC(=O)c3cc(C)oc3C)CC2)n2ncnc2n1. The van der Waals surface area contributed by atoms with Crippen molar-refractivity contribution in [1.29, 1.82) is 0 Å². The Morgan fingerprint density at radius 1 is 1.23 bits per heavy atom. The van der Waals surface area contributed by atoms with E-state index in [2.05, 4.69) is 25.3 Å². The maximum Gasteiger partial charge on any atom is 0.255 e. The fourth-order valence-electron chi connectivity index (χ4n) is 3.51. The number of fused-ring (bicyclic) bond motifs is 1. The molecule has 1 fully saturated rings. The van der Waals surface area contributed by atoms with Crippen molar-refractivity contribution in [1.82, 2.24) is 24.9 Å². The third kappa shape index (κ3) is 3.02. The molecule has 136 valence electrons. The Morgan fingerprint density at radius 2 is 2.00 bits per heavy atom. The van der Waals surface area contributed by atoms with Crippen LogP contribution in [0.15, 0.2) is 22.9 Å². The number of furan rings is 1. The summed E-state index contributed by atoms with van der Waals surface area (Å²) >= 11 is 0. The molecule has 4 heterocycles. The number of nitrogens with zero attached hydrogens (tertiary/aromatic N) is 5. The first-order chi connectivity index (χ1) is 12.5. The lowest BCUT2D eigenvalue weighted by molar-refractivity contribution is 0.0929. The molecule has 3 aromatic heterocycles. The molecule has 4 rings (SSSR count). The summed E-state index contributed by atoms with van der Waals surface area (Å²) in [6.07, 6.45) is 3.27. The molecular formula is C18H22N6O2. The molecule has 0 radical (unpaired) electrons. The average Bonchev–Trinajstić information content (AvgIpc) is 3.20. The van der Waals surface area contributed by atoms with Crippen LogP contribution in [0.1, 0.15) is 40.4 Å². The predicted molar refractivity (Wildman–Crippen MR) is 96.4 cm³/mol. The van der Waals surface area contributed by atoms with E-state index in [-0.39, 0.29) is 11.9 Å². The van der Waals surface area contributed by atoms with E-state index in [4.69, 9.17) is 4.42 Å². The number of aromatic nitrogens is 4. The molecule has 1 amide bonds. The maximum absolute atomic E-state index is 12.5. The lowest BCUT2D eigenvalue weighted by atomic mass is 10.0. The Bertz CT molecular complexity index is 952. The van der Waals surface area contributed by atoms with Gasteiger partial charge in [-0.05, 0) is 39.7 Å². The van der Waals surface area contributed by atoms with Crippen LogP contribution in [0.25, 0.3) is 5.78 Å². The van der Waals surface area contributed by atoms with Gasteiger partial charge in [-0.3, -0.25) is 4.79 Å². The number of anilines is 1. The number of nitrogens with one attached hydrogen (secondary N) is 1. The summed E-state index contributed by atoms with van der Waals surface area (Å²) in [7, 11) is 0. The first-order valence-corrected chi connectivity index (χ1v) is 8.81. The fourth-order valence-corrected chi connectivity index (χ4v) is 3.51. The zero-order chi connectivity index (χ0) is 18.3. The molecule has 8 nitrogen and oxygen atoms in total. The number of hydrogen-bond donors (Lipinski definition) is 1. The van der Waals surface area contributed by atoms with Crippen molar-refractivity contribution in [2.24, 2.45) is 0 Å². The average molecular weight is 354 g/mol. The molecule has 1 aliphatic rings. The van der Waals surface area contributed by atoms with E-state index in [1.165, 1.54) is 6.33 Å². The zero-order valence-corrected chi connectivity index (χ0v) is 15.2. The molecule has 8 heteroatoms. The minimum atomic E-state index is -0.0591.